The van der Waals surface area contributed by atoms with E-state index >= 15 is 0 Å². The molecule has 0 saturated carbocycles. The average Bonchev–Trinajstić information content (AvgIpc) is 3.21. The molecule has 0 radical (unpaired) electrons. The van der Waals surface area contributed by atoms with Crippen molar-refractivity contribution in [3.05, 3.63) is 12.2 Å². The Kier molecular flexibility index (Phi) is 48.2. The predicted octanol–water partition coefficient (Wildman–Crippen LogP) is 17.2. The topological polar surface area (TPSA) is 66.4 Å². The first kappa shape index (κ1) is 55.8. The lowest BCUT2D eigenvalue weighted by Gasteiger charge is -2.16. The number of carbonyl (C=O) groups is 2. The van der Waals surface area contributed by atoms with Gasteiger partial charge in [0.1, 0.15) is 5.78 Å². The molecule has 0 aromatic carbocycles. The largest absolute Gasteiger partial charge is 0.394 e. The predicted molar refractivity (Wildman–Crippen MR) is 252 cm³/mol. The lowest BCUT2D eigenvalue weighted by molar-refractivity contribution is -0.122. The molecule has 4 heteroatoms. The normalized spacial score (nSPS) is 12.2. The first-order valence-corrected chi connectivity index (χ1v) is 26.2. The van der Waals surface area contributed by atoms with Crippen LogP contribution in [0.15, 0.2) is 12.2 Å². The first-order valence-electron chi connectivity index (χ1n) is 26.2. The molecular weight excluding hydrogens is 699 g/mol. The Morgan fingerprint density at radius 1 is 0.386 bits per heavy atom. The molecule has 57 heavy (non-hydrogen) atoms. The van der Waals surface area contributed by atoms with Crippen LogP contribution in [0.3, 0.4) is 0 Å². The lowest BCUT2D eigenvalue weighted by atomic mass is 10.0. The molecule has 1 amide bonds. The Balaban J connectivity index is 3.39. The van der Waals surface area contributed by atoms with Crippen molar-refractivity contribution in [1.29, 1.82) is 0 Å². The van der Waals surface area contributed by atoms with Gasteiger partial charge in [-0.15, -0.1) is 0 Å². The smallest absolute Gasteiger partial charge is 0.220 e. The SMILES string of the molecule is CCCCCCCC/C=C\CCCCCCCC(=O)CCCCCCCCCCCCCCC(=O)NC(CO)CCCCCCCCCCCCCCCCCC. The van der Waals surface area contributed by atoms with E-state index in [-0.39, 0.29) is 18.6 Å². The summed E-state index contributed by atoms with van der Waals surface area (Å²) in [5.74, 6) is 0.608. The average molecular weight is 802 g/mol. The summed E-state index contributed by atoms with van der Waals surface area (Å²) in [5.41, 5.74) is 0. The van der Waals surface area contributed by atoms with Gasteiger partial charge in [-0.05, 0) is 51.4 Å². The minimum Gasteiger partial charge on any atom is -0.394 e. The molecule has 338 valence electrons. The fourth-order valence-corrected chi connectivity index (χ4v) is 8.34. The zero-order valence-corrected chi connectivity index (χ0v) is 39.0. The van der Waals surface area contributed by atoms with Gasteiger partial charge in [0.05, 0.1) is 12.6 Å². The number of carbonyl (C=O) groups excluding carboxylic acids is 2. The Hall–Kier alpha value is -1.16. The summed E-state index contributed by atoms with van der Waals surface area (Å²) in [7, 11) is 0. The molecule has 0 fully saturated rings. The Labute approximate surface area is 358 Å². The molecule has 0 heterocycles. The standard InChI is InChI=1S/C53H103NO3/c1-3-5-7-9-11-13-15-17-19-21-22-26-30-34-38-42-46-51(50-55)54-53(57)49-45-41-37-33-29-25-24-28-32-36-40-44-48-52(56)47-43-39-35-31-27-23-20-18-16-14-12-10-8-6-4-2/h18,20,51,55H,3-17,19,21-50H2,1-2H3,(H,54,57)/b20-18-. The first-order chi connectivity index (χ1) is 28.1. The molecule has 0 saturated heterocycles. The molecule has 4 nitrogen and oxygen atoms in total. The molecule has 0 rings (SSSR count). The van der Waals surface area contributed by atoms with Crippen LogP contribution in [0.4, 0.5) is 0 Å². The summed E-state index contributed by atoms with van der Waals surface area (Å²) in [4.78, 5) is 24.7. The van der Waals surface area contributed by atoms with Crippen LogP contribution in [-0.4, -0.2) is 29.4 Å². The van der Waals surface area contributed by atoms with Crippen molar-refractivity contribution >= 4 is 11.7 Å². The number of amides is 1. The summed E-state index contributed by atoms with van der Waals surface area (Å²) in [6, 6.07) is -0.0707. The number of unbranched alkanes of at least 4 members (excludes halogenated alkanes) is 37. The highest BCUT2D eigenvalue weighted by atomic mass is 16.3. The van der Waals surface area contributed by atoms with Crippen molar-refractivity contribution in [1.82, 2.24) is 5.32 Å². The minimum atomic E-state index is -0.0707. The van der Waals surface area contributed by atoms with Crippen molar-refractivity contribution < 1.29 is 14.7 Å². The van der Waals surface area contributed by atoms with Gasteiger partial charge in [-0.2, -0.15) is 0 Å². The van der Waals surface area contributed by atoms with Gasteiger partial charge >= 0.3 is 0 Å². The number of aliphatic hydroxyl groups is 1. The number of ketones is 1. The lowest BCUT2D eigenvalue weighted by Crippen LogP contribution is -2.37. The van der Waals surface area contributed by atoms with Crippen molar-refractivity contribution in [3.8, 4) is 0 Å². The van der Waals surface area contributed by atoms with Gasteiger partial charge in [0.25, 0.3) is 0 Å². The minimum absolute atomic E-state index is 0.0580. The molecule has 0 aliphatic heterocycles. The maximum absolute atomic E-state index is 12.4. The highest BCUT2D eigenvalue weighted by Crippen LogP contribution is 2.17. The van der Waals surface area contributed by atoms with Crippen LogP contribution in [0.1, 0.15) is 303 Å². The molecule has 0 aliphatic carbocycles. The molecule has 0 aromatic heterocycles. The summed E-state index contributed by atoms with van der Waals surface area (Å²) < 4.78 is 0. The number of allylic oxidation sites excluding steroid dienone is 2. The molecule has 1 unspecified atom stereocenters. The third kappa shape index (κ3) is 47.4. The summed E-state index contributed by atoms with van der Waals surface area (Å²) in [6.45, 7) is 4.63. The monoisotopic (exact) mass is 802 g/mol. The van der Waals surface area contributed by atoms with Gasteiger partial charge in [-0.1, -0.05) is 244 Å². The molecule has 0 aliphatic rings. The van der Waals surface area contributed by atoms with E-state index in [0.29, 0.717) is 12.2 Å². The number of aliphatic hydroxyl groups excluding tert-OH is 1. The van der Waals surface area contributed by atoms with Crippen molar-refractivity contribution in [2.24, 2.45) is 0 Å². The van der Waals surface area contributed by atoms with Crippen LogP contribution in [0.2, 0.25) is 0 Å². The zero-order valence-electron chi connectivity index (χ0n) is 39.0. The highest BCUT2D eigenvalue weighted by Gasteiger charge is 2.11. The summed E-state index contributed by atoms with van der Waals surface area (Å²) >= 11 is 0. The van der Waals surface area contributed by atoms with E-state index in [1.165, 1.54) is 231 Å². The second kappa shape index (κ2) is 49.2. The third-order valence-corrected chi connectivity index (χ3v) is 12.3. The summed E-state index contributed by atoms with van der Waals surface area (Å²) in [6.07, 6.45) is 61.5. The van der Waals surface area contributed by atoms with Gasteiger partial charge in [-0.3, -0.25) is 9.59 Å². The molecule has 0 bridgehead atoms. The number of hydrogen-bond acceptors (Lipinski definition) is 3. The van der Waals surface area contributed by atoms with E-state index in [1.807, 2.05) is 0 Å². The van der Waals surface area contributed by atoms with Crippen molar-refractivity contribution in [2.75, 3.05) is 6.61 Å². The molecule has 2 N–H and O–H groups in total. The zero-order chi connectivity index (χ0) is 41.4. The highest BCUT2D eigenvalue weighted by molar-refractivity contribution is 5.78. The fourth-order valence-electron chi connectivity index (χ4n) is 8.34. The maximum atomic E-state index is 12.4. The van der Waals surface area contributed by atoms with Gasteiger partial charge in [0, 0.05) is 19.3 Å². The van der Waals surface area contributed by atoms with Gasteiger partial charge in [0.15, 0.2) is 0 Å². The van der Waals surface area contributed by atoms with Crippen molar-refractivity contribution in [2.45, 2.75) is 309 Å². The van der Waals surface area contributed by atoms with Gasteiger partial charge in [-0.25, -0.2) is 0 Å². The van der Waals surface area contributed by atoms with Crippen LogP contribution in [0, 0.1) is 0 Å². The van der Waals surface area contributed by atoms with E-state index in [4.69, 9.17) is 0 Å². The summed E-state index contributed by atoms with van der Waals surface area (Å²) in [5, 5.41) is 12.9. The fraction of sp³-hybridized carbons (Fsp3) is 0.925. The van der Waals surface area contributed by atoms with Crippen LogP contribution in [0.25, 0.3) is 0 Å². The van der Waals surface area contributed by atoms with Gasteiger partial charge in [0.2, 0.25) is 5.91 Å². The van der Waals surface area contributed by atoms with Crippen LogP contribution >= 0.6 is 0 Å². The van der Waals surface area contributed by atoms with E-state index < -0.39 is 0 Å². The van der Waals surface area contributed by atoms with Crippen LogP contribution < -0.4 is 5.32 Å². The van der Waals surface area contributed by atoms with Crippen LogP contribution in [0.5, 0.6) is 0 Å². The van der Waals surface area contributed by atoms with Gasteiger partial charge < -0.3 is 10.4 Å². The van der Waals surface area contributed by atoms with E-state index in [9.17, 15) is 14.7 Å². The Bertz CT molecular complexity index is 825. The number of hydrogen-bond donors (Lipinski definition) is 2. The quantitative estimate of drug-likeness (QED) is 0.0476. The number of rotatable bonds is 49. The Morgan fingerprint density at radius 2 is 0.667 bits per heavy atom. The molecule has 0 aromatic rings. The molecular formula is C53H103NO3. The molecule has 1 atom stereocenters. The van der Waals surface area contributed by atoms with E-state index in [2.05, 4.69) is 31.3 Å². The Morgan fingerprint density at radius 3 is 1.00 bits per heavy atom. The van der Waals surface area contributed by atoms with Crippen molar-refractivity contribution in [3.63, 3.8) is 0 Å². The second-order valence-corrected chi connectivity index (χ2v) is 18.2. The van der Waals surface area contributed by atoms with E-state index in [1.54, 1.807) is 0 Å². The third-order valence-electron chi connectivity index (χ3n) is 12.3. The number of nitrogens with one attached hydrogen (secondary N) is 1. The molecule has 0 spiro atoms. The number of Topliss-reactive ketones (excluding diaryl/α,β-unsaturated/α-hetero) is 1. The maximum Gasteiger partial charge on any atom is 0.220 e. The van der Waals surface area contributed by atoms with E-state index in [0.717, 1.165) is 51.4 Å². The van der Waals surface area contributed by atoms with Crippen LogP contribution in [-0.2, 0) is 9.59 Å². The second-order valence-electron chi connectivity index (χ2n) is 18.2.